The Morgan fingerprint density at radius 3 is 2.83 bits per heavy atom. The maximum absolute atomic E-state index is 13.1. The van der Waals surface area contributed by atoms with E-state index in [0.29, 0.717) is 22.3 Å². The van der Waals surface area contributed by atoms with Gasteiger partial charge < -0.3 is 9.40 Å². The normalized spacial score (nSPS) is 11.0. The highest BCUT2D eigenvalue weighted by Crippen LogP contribution is 2.27. The van der Waals surface area contributed by atoms with Gasteiger partial charge in [-0.1, -0.05) is 0 Å². The molecule has 0 unspecified atom stereocenters. The monoisotopic (exact) mass is 243 g/mol. The van der Waals surface area contributed by atoms with Gasteiger partial charge in [0.05, 0.1) is 0 Å². The Labute approximate surface area is 102 Å². The molecule has 0 aliphatic heterocycles. The van der Waals surface area contributed by atoms with E-state index in [2.05, 4.69) is 4.98 Å². The first-order chi connectivity index (χ1) is 8.63. The topological polar surface area (TPSA) is 46.0 Å². The van der Waals surface area contributed by atoms with Crippen molar-refractivity contribution in [3.05, 3.63) is 58.3 Å². The summed E-state index contributed by atoms with van der Waals surface area (Å²) < 4.78 is 18.7. The number of hydrogen-bond acceptors (Lipinski definition) is 2. The lowest BCUT2D eigenvalue weighted by Gasteiger charge is -1.97. The van der Waals surface area contributed by atoms with Crippen LogP contribution in [0, 0.1) is 12.7 Å². The number of H-pyrrole nitrogens is 1. The zero-order chi connectivity index (χ0) is 12.7. The van der Waals surface area contributed by atoms with Crippen LogP contribution in [0.3, 0.4) is 0 Å². The summed E-state index contributed by atoms with van der Waals surface area (Å²) in [7, 11) is 0. The highest BCUT2D eigenvalue weighted by molar-refractivity contribution is 5.82. The van der Waals surface area contributed by atoms with Crippen LogP contribution in [0.15, 0.2) is 45.7 Å². The zero-order valence-electron chi connectivity index (χ0n) is 9.66. The molecule has 0 spiro atoms. The van der Waals surface area contributed by atoms with Gasteiger partial charge >= 0.3 is 0 Å². The molecule has 90 valence electrons. The van der Waals surface area contributed by atoms with Gasteiger partial charge in [0.15, 0.2) is 0 Å². The van der Waals surface area contributed by atoms with E-state index in [9.17, 15) is 9.18 Å². The molecule has 0 atom stereocenters. The second kappa shape index (κ2) is 3.84. The molecule has 0 aliphatic rings. The summed E-state index contributed by atoms with van der Waals surface area (Å²) in [6.45, 7) is 1.73. The first-order valence-electron chi connectivity index (χ1n) is 5.52. The number of aromatic nitrogens is 1. The second-order valence-electron chi connectivity index (χ2n) is 4.19. The van der Waals surface area contributed by atoms with Gasteiger partial charge in [-0.05, 0) is 37.3 Å². The molecule has 2 aromatic heterocycles. The summed E-state index contributed by atoms with van der Waals surface area (Å²) >= 11 is 0. The van der Waals surface area contributed by atoms with Crippen LogP contribution >= 0.6 is 0 Å². The Kier molecular flexibility index (Phi) is 2.30. The Bertz CT molecular complexity index is 786. The second-order valence-corrected chi connectivity index (χ2v) is 4.19. The molecule has 2 heterocycles. The Morgan fingerprint density at radius 2 is 2.06 bits per heavy atom. The van der Waals surface area contributed by atoms with E-state index in [-0.39, 0.29) is 11.4 Å². The van der Waals surface area contributed by atoms with E-state index in [4.69, 9.17) is 4.42 Å². The Morgan fingerprint density at radius 1 is 1.22 bits per heavy atom. The van der Waals surface area contributed by atoms with Gasteiger partial charge in [0.1, 0.15) is 17.2 Å². The number of fused-ring (bicyclic) bond motifs is 1. The third-order valence-electron chi connectivity index (χ3n) is 2.85. The van der Waals surface area contributed by atoms with Crippen molar-refractivity contribution in [2.45, 2.75) is 6.92 Å². The van der Waals surface area contributed by atoms with E-state index in [0.717, 1.165) is 5.56 Å². The van der Waals surface area contributed by atoms with Gasteiger partial charge in [0.2, 0.25) is 0 Å². The van der Waals surface area contributed by atoms with Gasteiger partial charge in [-0.3, -0.25) is 4.79 Å². The van der Waals surface area contributed by atoms with Crippen molar-refractivity contribution < 1.29 is 8.81 Å². The average molecular weight is 243 g/mol. The number of halogens is 1. The first-order valence-corrected chi connectivity index (χ1v) is 5.52. The average Bonchev–Trinajstić information content (AvgIpc) is 2.75. The van der Waals surface area contributed by atoms with Crippen molar-refractivity contribution in [2.24, 2.45) is 0 Å². The fourth-order valence-electron chi connectivity index (χ4n) is 1.90. The predicted octanol–water partition coefficient (Wildman–Crippen LogP) is 3.24. The van der Waals surface area contributed by atoms with Gasteiger partial charge in [-0.15, -0.1) is 0 Å². The highest BCUT2D eigenvalue weighted by Gasteiger charge is 2.08. The molecule has 0 saturated heterocycles. The number of rotatable bonds is 1. The van der Waals surface area contributed by atoms with E-state index >= 15 is 0 Å². The molecule has 1 aromatic carbocycles. The van der Waals surface area contributed by atoms with Crippen molar-refractivity contribution in [2.75, 3.05) is 0 Å². The van der Waals surface area contributed by atoms with Crippen LogP contribution in [0.5, 0.6) is 0 Å². The van der Waals surface area contributed by atoms with Crippen molar-refractivity contribution >= 4 is 11.0 Å². The summed E-state index contributed by atoms with van der Waals surface area (Å²) in [5, 5.41) is 0.703. The highest BCUT2D eigenvalue weighted by atomic mass is 19.1. The van der Waals surface area contributed by atoms with Crippen molar-refractivity contribution in [3.63, 3.8) is 0 Å². The third-order valence-corrected chi connectivity index (χ3v) is 2.85. The lowest BCUT2D eigenvalue weighted by Crippen LogP contribution is -2.07. The molecular formula is C14H10FNO2. The molecule has 1 N–H and O–H groups in total. The largest absolute Gasteiger partial charge is 0.456 e. The summed E-state index contributed by atoms with van der Waals surface area (Å²) in [4.78, 5) is 13.9. The van der Waals surface area contributed by atoms with Crippen LogP contribution in [-0.4, -0.2) is 4.98 Å². The van der Waals surface area contributed by atoms with Crippen molar-refractivity contribution in [3.8, 4) is 11.3 Å². The van der Waals surface area contributed by atoms with E-state index in [1.54, 1.807) is 31.3 Å². The van der Waals surface area contributed by atoms with E-state index in [1.165, 1.54) is 12.1 Å². The Balaban J connectivity index is 2.19. The molecule has 3 aromatic rings. The van der Waals surface area contributed by atoms with Crippen LogP contribution in [0.25, 0.3) is 22.3 Å². The molecule has 0 aliphatic carbocycles. The minimum atomic E-state index is -0.299. The smallest absolute Gasteiger partial charge is 0.250 e. The van der Waals surface area contributed by atoms with Crippen LogP contribution in [0.1, 0.15) is 5.56 Å². The SMILES string of the molecule is Cc1cc(-c2cc3cc(F)ccc3o2)c[nH]c1=O. The molecular weight excluding hydrogens is 233 g/mol. The molecule has 0 bridgehead atoms. The molecule has 0 amide bonds. The zero-order valence-corrected chi connectivity index (χ0v) is 9.66. The number of benzene rings is 1. The van der Waals surface area contributed by atoms with Crippen LogP contribution in [0.2, 0.25) is 0 Å². The summed E-state index contributed by atoms with van der Waals surface area (Å²) in [5.74, 6) is 0.308. The van der Waals surface area contributed by atoms with Crippen LogP contribution in [-0.2, 0) is 0 Å². The fourth-order valence-corrected chi connectivity index (χ4v) is 1.90. The third kappa shape index (κ3) is 1.72. The lowest BCUT2D eigenvalue weighted by atomic mass is 10.1. The number of hydrogen-bond donors (Lipinski definition) is 1. The first kappa shape index (κ1) is 10.8. The molecule has 18 heavy (non-hydrogen) atoms. The number of aromatic amines is 1. The standard InChI is InChI=1S/C14H10FNO2/c1-8-4-10(7-16-14(8)17)13-6-9-5-11(15)2-3-12(9)18-13/h2-7H,1H3,(H,16,17). The van der Waals surface area contributed by atoms with Crippen molar-refractivity contribution in [1.82, 2.24) is 4.98 Å². The summed E-state index contributed by atoms with van der Waals surface area (Å²) in [5.41, 5.74) is 1.87. The lowest BCUT2D eigenvalue weighted by molar-refractivity contribution is 0.619. The van der Waals surface area contributed by atoms with E-state index < -0.39 is 0 Å². The molecule has 3 rings (SSSR count). The molecule has 4 heteroatoms. The molecule has 0 fully saturated rings. The summed E-state index contributed by atoms with van der Waals surface area (Å²) in [6.07, 6.45) is 1.59. The maximum atomic E-state index is 13.1. The minimum Gasteiger partial charge on any atom is -0.456 e. The van der Waals surface area contributed by atoms with Gasteiger partial charge in [0.25, 0.3) is 5.56 Å². The molecule has 3 nitrogen and oxygen atoms in total. The number of aryl methyl sites for hydroxylation is 1. The van der Waals surface area contributed by atoms with Crippen molar-refractivity contribution in [1.29, 1.82) is 0 Å². The van der Waals surface area contributed by atoms with Crippen LogP contribution in [0.4, 0.5) is 4.39 Å². The van der Waals surface area contributed by atoms with Gasteiger partial charge in [0, 0.05) is 22.7 Å². The number of nitrogens with one attached hydrogen (secondary N) is 1. The number of furan rings is 1. The maximum Gasteiger partial charge on any atom is 0.250 e. The van der Waals surface area contributed by atoms with Gasteiger partial charge in [-0.25, -0.2) is 4.39 Å². The predicted molar refractivity (Wildman–Crippen MR) is 67.0 cm³/mol. The molecule has 0 radical (unpaired) electrons. The van der Waals surface area contributed by atoms with Crippen LogP contribution < -0.4 is 5.56 Å². The minimum absolute atomic E-state index is 0.124. The Hall–Kier alpha value is -2.36. The quantitative estimate of drug-likeness (QED) is 0.713. The molecule has 0 saturated carbocycles. The fraction of sp³-hybridized carbons (Fsp3) is 0.0714. The van der Waals surface area contributed by atoms with E-state index in [1.807, 2.05) is 0 Å². The number of pyridine rings is 1. The van der Waals surface area contributed by atoms with Gasteiger partial charge in [-0.2, -0.15) is 0 Å². The summed E-state index contributed by atoms with van der Waals surface area (Å²) in [6, 6.07) is 7.86.